The minimum atomic E-state index is -1.36. The number of hydrogen-bond donors (Lipinski definition) is 10. The smallest absolute Gasteiger partial charge is 0.246 e. The predicted octanol–water partition coefficient (Wildman–Crippen LogP) is -8.08. The van der Waals surface area contributed by atoms with Gasteiger partial charge in [-0.25, -0.2) is 0 Å². The van der Waals surface area contributed by atoms with Gasteiger partial charge in [-0.15, -0.1) is 11.8 Å². The lowest BCUT2D eigenvalue weighted by Crippen LogP contribution is -2.68. The van der Waals surface area contributed by atoms with Crippen LogP contribution in [-0.2, 0) is 80.9 Å². The molecule has 0 aromatic heterocycles. The van der Waals surface area contributed by atoms with Crippen molar-refractivity contribution in [2.75, 3.05) is 151 Å². The topological polar surface area (TPSA) is 371 Å². The number of likely N-dealkylation sites (tertiary alicyclic amines) is 2. The Hall–Kier alpha value is -3.64. The zero-order valence-corrected chi connectivity index (χ0v) is 42.8. The van der Waals surface area contributed by atoms with E-state index in [0.717, 1.165) is 0 Å². The first-order chi connectivity index (χ1) is 36.2. The van der Waals surface area contributed by atoms with Crippen molar-refractivity contribution >= 4 is 53.0 Å². The van der Waals surface area contributed by atoms with Crippen molar-refractivity contribution in [3.8, 4) is 0 Å². The van der Waals surface area contributed by atoms with Gasteiger partial charge in [-0.1, -0.05) is 0 Å². The minimum absolute atomic E-state index is 0.00689. The van der Waals surface area contributed by atoms with Crippen LogP contribution in [0.15, 0.2) is 0 Å². The van der Waals surface area contributed by atoms with Gasteiger partial charge < -0.3 is 99.7 Å². The summed E-state index contributed by atoms with van der Waals surface area (Å²) < 4.78 is 55.2. The number of amides is 6. The number of thioether (sulfide) groups is 1. The monoisotopic (exact) mass is 1090 g/mol. The molecule has 3 unspecified atom stereocenters. The van der Waals surface area contributed by atoms with Gasteiger partial charge in [0.2, 0.25) is 35.4 Å². The van der Waals surface area contributed by atoms with Gasteiger partial charge in [0.15, 0.2) is 12.6 Å². The van der Waals surface area contributed by atoms with Crippen molar-refractivity contribution in [2.24, 2.45) is 0 Å². The number of aliphatic hydroxyl groups is 4. The van der Waals surface area contributed by atoms with Gasteiger partial charge in [-0.2, -0.15) is 0 Å². The van der Waals surface area contributed by atoms with Gasteiger partial charge in [0, 0.05) is 70.9 Å². The molecule has 10 N–H and O–H groups in total. The molecule has 6 rings (SSSR count). The van der Waals surface area contributed by atoms with E-state index in [1.165, 1.54) is 23.6 Å². The van der Waals surface area contributed by atoms with Crippen LogP contribution in [-0.4, -0.2) is 301 Å². The van der Waals surface area contributed by atoms with E-state index in [1.54, 1.807) is 0 Å². The molecule has 0 bridgehead atoms. The molecule has 0 saturated carbocycles. The van der Waals surface area contributed by atoms with Crippen LogP contribution in [0.25, 0.3) is 0 Å². The number of ketones is 1. The highest BCUT2D eigenvalue weighted by atomic mass is 32.2. The lowest BCUT2D eigenvalue weighted by atomic mass is 9.96. The number of aliphatic hydroxyl groups excluding tert-OH is 4. The fourth-order valence-electron chi connectivity index (χ4n) is 8.89. The summed E-state index contributed by atoms with van der Waals surface area (Å²) in [6, 6.07) is -1.82. The lowest BCUT2D eigenvalue weighted by Gasteiger charge is -2.44. The third-order valence-corrected chi connectivity index (χ3v) is 14.1. The maximum atomic E-state index is 13.0. The highest BCUT2D eigenvalue weighted by molar-refractivity contribution is 8.01. The van der Waals surface area contributed by atoms with Crippen molar-refractivity contribution in [1.29, 1.82) is 0 Å². The molecule has 6 aliphatic rings. The van der Waals surface area contributed by atoms with E-state index in [0.29, 0.717) is 72.4 Å². The van der Waals surface area contributed by atoms with Gasteiger partial charge in [0.05, 0.1) is 77.1 Å². The summed E-state index contributed by atoms with van der Waals surface area (Å²) in [6.45, 7) is 6.02. The second-order valence-electron chi connectivity index (χ2n) is 18.5. The standard InChI is InChI=1S/C45H74N8O21S/c1-26(54)25-75-31-16-36(59)53(43(31)64)5-4-52-19-27(46-2-6-65-8-10-67-12-14-69-21-32(55)48-17-29-39(60)41(62)37-44(73-29)71-23-34(57)50-37)28(20-52)47-3-7-66-9-11-68-13-15-70-22-33(56)49-18-30-40(61)42(63)38-45(74-30)72-24-35(58)51-38/h27-31,37-42,44-47,60-63H,2-25H2,1H3,(H,48,55)(H,49,56)(H,50,57)(H,51,58)/t27?,28?,29-,30-,31?,37+,38+,39+,40+,41-,42-,44-,45-/m1/s1. The number of Topliss-reactive ketones (excluding diaryl/α,β-unsaturated/α-hetero) is 1. The largest absolute Gasteiger partial charge is 0.388 e. The molecule has 0 aromatic carbocycles. The van der Waals surface area contributed by atoms with Crippen LogP contribution in [0.4, 0.5) is 0 Å². The third-order valence-electron chi connectivity index (χ3n) is 12.8. The highest BCUT2D eigenvalue weighted by Gasteiger charge is 2.49. The van der Waals surface area contributed by atoms with Crippen molar-refractivity contribution in [1.82, 2.24) is 41.7 Å². The molecule has 0 aliphatic carbocycles. The first kappa shape index (κ1) is 60.6. The molecule has 0 radical (unpaired) electrons. The Bertz CT molecular complexity index is 1770. The van der Waals surface area contributed by atoms with Crippen LogP contribution >= 0.6 is 11.8 Å². The van der Waals surface area contributed by atoms with Gasteiger partial charge in [-0.05, 0) is 6.92 Å². The molecule has 0 spiro atoms. The van der Waals surface area contributed by atoms with Crippen LogP contribution in [0.5, 0.6) is 0 Å². The van der Waals surface area contributed by atoms with E-state index in [2.05, 4.69) is 36.8 Å². The number of ether oxygens (including phenoxy) is 10. The number of nitrogens with one attached hydrogen (secondary N) is 6. The fourth-order valence-corrected chi connectivity index (χ4v) is 9.86. The summed E-state index contributed by atoms with van der Waals surface area (Å²) in [5.74, 6) is -2.17. The molecule has 0 aromatic rings. The number of fused-ring (bicyclic) bond motifs is 2. The number of nitrogens with zero attached hydrogens (tertiary/aromatic N) is 2. The van der Waals surface area contributed by atoms with Crippen molar-refractivity contribution in [3.05, 3.63) is 0 Å². The molecular weight excluding hydrogens is 1020 g/mol. The Morgan fingerprint density at radius 3 is 1.52 bits per heavy atom. The number of morpholine rings is 2. The molecular formula is C45H74N8O21S. The lowest BCUT2D eigenvalue weighted by molar-refractivity contribution is -0.271. The summed E-state index contributed by atoms with van der Waals surface area (Å²) in [4.78, 5) is 88.3. The number of carbonyl (C=O) groups is 7. The van der Waals surface area contributed by atoms with E-state index < -0.39 is 90.2 Å². The average molecular weight is 1100 g/mol. The molecule has 29 nitrogen and oxygen atoms in total. The van der Waals surface area contributed by atoms with Crippen LogP contribution in [0.3, 0.4) is 0 Å². The predicted molar refractivity (Wildman–Crippen MR) is 256 cm³/mol. The average Bonchev–Trinajstić information content (AvgIpc) is 3.91. The van der Waals surface area contributed by atoms with Crippen molar-refractivity contribution in [3.63, 3.8) is 0 Å². The third kappa shape index (κ3) is 19.3. The van der Waals surface area contributed by atoms with Crippen LogP contribution in [0, 0.1) is 0 Å². The molecule has 30 heteroatoms. The van der Waals surface area contributed by atoms with E-state index in [4.69, 9.17) is 47.4 Å². The zero-order valence-electron chi connectivity index (χ0n) is 42.0. The van der Waals surface area contributed by atoms with E-state index in [-0.39, 0.29) is 114 Å². The van der Waals surface area contributed by atoms with Crippen molar-refractivity contribution in [2.45, 2.75) is 92.0 Å². The van der Waals surface area contributed by atoms with Crippen LogP contribution < -0.4 is 31.9 Å². The molecule has 6 saturated heterocycles. The summed E-state index contributed by atoms with van der Waals surface area (Å²) in [5, 5.41) is 58.2. The second-order valence-corrected chi connectivity index (χ2v) is 19.7. The summed E-state index contributed by atoms with van der Waals surface area (Å²) in [5.41, 5.74) is 0. The molecule has 6 aliphatic heterocycles. The first-order valence-electron chi connectivity index (χ1n) is 25.2. The minimum Gasteiger partial charge on any atom is -0.388 e. The van der Waals surface area contributed by atoms with Gasteiger partial charge in [0.1, 0.15) is 80.9 Å². The van der Waals surface area contributed by atoms with Crippen LogP contribution in [0.1, 0.15) is 13.3 Å². The summed E-state index contributed by atoms with van der Waals surface area (Å²) in [6.07, 6.45) is -9.13. The quantitative estimate of drug-likeness (QED) is 0.0211. The Kier molecular flexibility index (Phi) is 25.6. The number of carbonyl (C=O) groups excluding carboxylic acids is 7. The van der Waals surface area contributed by atoms with E-state index >= 15 is 0 Å². The molecule has 13 atom stereocenters. The fraction of sp³-hybridized carbons (Fsp3) is 0.844. The first-order valence-corrected chi connectivity index (χ1v) is 26.2. The summed E-state index contributed by atoms with van der Waals surface area (Å²) >= 11 is 1.20. The maximum Gasteiger partial charge on any atom is 0.246 e. The molecule has 6 heterocycles. The van der Waals surface area contributed by atoms with Crippen molar-refractivity contribution < 1.29 is 101 Å². The normalized spacial score (nSPS) is 30.9. The van der Waals surface area contributed by atoms with Gasteiger partial charge >= 0.3 is 0 Å². The number of hydrogen-bond acceptors (Lipinski definition) is 25. The Morgan fingerprint density at radius 2 is 1.07 bits per heavy atom. The van der Waals surface area contributed by atoms with Gasteiger partial charge in [-0.3, -0.25) is 43.4 Å². The summed E-state index contributed by atoms with van der Waals surface area (Å²) in [7, 11) is 0. The van der Waals surface area contributed by atoms with Crippen LogP contribution in [0.2, 0.25) is 0 Å². The molecule has 75 heavy (non-hydrogen) atoms. The highest BCUT2D eigenvalue weighted by Crippen LogP contribution is 2.27. The van der Waals surface area contributed by atoms with E-state index in [9.17, 15) is 54.0 Å². The SMILES string of the molecule is CC(=O)CSC1CC(=O)N(CCN2CC(NCCOCCOCCOCC(=O)NC[C@H]3O[C@H]4OCC(=O)N[C@H]4[C@@H](O)[C@H]3O)C(NCCOCCOCCOCC(=O)NC[C@H]3O[C@H]4OCC(=O)N[C@H]4[C@@H](O)[C@H]3O)C2)C1=O. The second kappa shape index (κ2) is 31.7. The maximum absolute atomic E-state index is 13.0. The Morgan fingerprint density at radius 1 is 0.627 bits per heavy atom. The molecule has 6 amide bonds. The zero-order chi connectivity index (χ0) is 53.7. The Balaban J connectivity index is 0.789. The number of imide groups is 1. The number of rotatable bonds is 34. The molecule has 6 fully saturated rings. The molecule has 426 valence electrons. The van der Waals surface area contributed by atoms with Gasteiger partial charge in [0.25, 0.3) is 0 Å². The van der Waals surface area contributed by atoms with E-state index in [1.807, 2.05) is 0 Å². The Labute approximate surface area is 437 Å².